The maximum atomic E-state index is 8.43. The van der Waals surface area contributed by atoms with Crippen molar-refractivity contribution in [3.8, 4) is 44.8 Å². The SMILES string of the molecule is [2H]C([2H])([2H])c1c[c-]c(-c2ccc(C([2H])([2H])[2H])cn2)cc1.[2H]C([2H])([2H])c1cnc(-c2[c-]ccc3c2oc2ccccc23)cc1-c1cc2ccc(-c3ccccc3)cc2cc1C([2H])([2H])[2H].[Ir]. The van der Waals surface area contributed by atoms with Gasteiger partial charge in [0, 0.05) is 54.3 Å². The van der Waals surface area contributed by atoms with E-state index in [4.69, 9.17) is 20.9 Å². The minimum Gasteiger partial charge on any atom is -0.501 e. The molecule has 0 atom stereocenters. The summed E-state index contributed by atoms with van der Waals surface area (Å²) in [5, 5.41) is 3.38. The molecule has 3 nitrogen and oxygen atoms in total. The second-order valence-electron chi connectivity index (χ2n) is 12.1. The first kappa shape index (κ1) is 23.0. The Morgan fingerprint density at radius 3 is 2.17 bits per heavy atom. The molecule has 9 aromatic rings. The van der Waals surface area contributed by atoms with Crippen molar-refractivity contribution in [2.24, 2.45) is 0 Å². The average molecular weight is 861 g/mol. The summed E-state index contributed by atoms with van der Waals surface area (Å²) in [6.07, 6.45) is 2.62. The molecule has 0 aliphatic heterocycles. The number of furan rings is 1. The van der Waals surface area contributed by atoms with Crippen LogP contribution in [-0.4, -0.2) is 9.97 Å². The summed E-state index contributed by atoms with van der Waals surface area (Å²) in [7, 11) is 0. The Morgan fingerprint density at radius 2 is 1.38 bits per heavy atom. The fourth-order valence-electron chi connectivity index (χ4n) is 6.16. The molecule has 0 spiro atoms. The number of aromatic nitrogens is 2. The number of hydrogen-bond donors (Lipinski definition) is 0. The number of hydrogen-bond acceptors (Lipinski definition) is 3. The van der Waals surface area contributed by atoms with Crippen molar-refractivity contribution in [3.05, 3.63) is 180 Å². The van der Waals surface area contributed by atoms with Gasteiger partial charge in [0.05, 0.1) is 5.58 Å². The van der Waals surface area contributed by atoms with Gasteiger partial charge in [-0.15, -0.1) is 53.6 Å². The van der Waals surface area contributed by atoms with Crippen molar-refractivity contribution in [2.45, 2.75) is 27.4 Å². The van der Waals surface area contributed by atoms with E-state index in [-0.39, 0.29) is 47.9 Å². The molecule has 9 rings (SSSR count). The van der Waals surface area contributed by atoms with Gasteiger partial charge in [-0.2, -0.15) is 0 Å². The van der Waals surface area contributed by atoms with Crippen LogP contribution in [0.3, 0.4) is 0 Å². The molecule has 0 aliphatic carbocycles. The van der Waals surface area contributed by atoms with Crippen LogP contribution in [0.1, 0.15) is 38.7 Å². The molecule has 0 aliphatic rings. The molecule has 0 saturated carbocycles. The molecule has 4 heteroatoms. The Bertz CT molecular complexity index is 3050. The van der Waals surface area contributed by atoms with Crippen LogP contribution in [-0.2, 0) is 20.1 Å². The van der Waals surface area contributed by atoms with Gasteiger partial charge < -0.3 is 14.4 Å². The number of para-hydroxylation sites is 1. The predicted octanol–water partition coefficient (Wildman–Crippen LogP) is 12.7. The van der Waals surface area contributed by atoms with Crippen molar-refractivity contribution in [2.75, 3.05) is 0 Å². The predicted molar refractivity (Wildman–Crippen MR) is 212 cm³/mol. The first-order valence-electron chi connectivity index (χ1n) is 22.2. The van der Waals surface area contributed by atoms with E-state index in [1.54, 1.807) is 36.4 Å². The van der Waals surface area contributed by atoms with E-state index in [0.717, 1.165) is 32.7 Å². The fraction of sp³-hybridized carbons (Fsp3) is 0.0833. The first-order chi connectivity index (χ1) is 29.8. The zero-order valence-electron chi connectivity index (χ0n) is 39.5. The van der Waals surface area contributed by atoms with E-state index in [1.807, 2.05) is 78.9 Å². The monoisotopic (exact) mass is 861 g/mol. The van der Waals surface area contributed by atoms with E-state index in [9.17, 15) is 0 Å². The zero-order chi connectivity index (χ0) is 44.9. The molecule has 255 valence electrons. The molecule has 0 fully saturated rings. The van der Waals surface area contributed by atoms with Gasteiger partial charge in [-0.1, -0.05) is 103 Å². The van der Waals surface area contributed by atoms with Gasteiger partial charge in [0.1, 0.15) is 5.58 Å². The number of nitrogens with zero attached hydrogens (tertiary/aromatic N) is 2. The van der Waals surface area contributed by atoms with E-state index in [1.165, 1.54) is 30.6 Å². The molecule has 3 aromatic heterocycles. The maximum absolute atomic E-state index is 8.43. The maximum Gasteiger partial charge on any atom is 0.120 e. The van der Waals surface area contributed by atoms with Crippen LogP contribution in [0.4, 0.5) is 0 Å². The van der Waals surface area contributed by atoms with Crippen LogP contribution >= 0.6 is 0 Å². The third kappa shape index (κ3) is 6.96. The Kier molecular flexibility index (Phi) is 6.59. The number of fused-ring (bicyclic) bond motifs is 4. The molecule has 0 saturated heterocycles. The molecular weight excluding hydrogens is 813 g/mol. The van der Waals surface area contributed by atoms with Crippen LogP contribution in [0.5, 0.6) is 0 Å². The van der Waals surface area contributed by atoms with E-state index in [0.29, 0.717) is 39.2 Å². The van der Waals surface area contributed by atoms with Gasteiger partial charge in [0.15, 0.2) is 0 Å². The third-order valence-electron chi connectivity index (χ3n) is 8.72. The van der Waals surface area contributed by atoms with Crippen molar-refractivity contribution < 1.29 is 41.0 Å². The molecule has 6 aromatic carbocycles. The number of pyridine rings is 2. The Morgan fingerprint density at radius 1 is 0.577 bits per heavy atom. The largest absolute Gasteiger partial charge is 0.501 e. The summed E-state index contributed by atoms with van der Waals surface area (Å²) in [4.78, 5) is 8.60. The summed E-state index contributed by atoms with van der Waals surface area (Å²) in [6, 6.07) is 45.9. The van der Waals surface area contributed by atoms with Gasteiger partial charge in [-0.05, 0) is 99.9 Å². The fourth-order valence-corrected chi connectivity index (χ4v) is 6.16. The standard InChI is InChI=1S/C35H24NO.C13H12N.Ir/c1-22-17-27-18-25(24-9-4-3-5-10-24)15-16-26(27)19-31(22)32-20-33(36-21-23(32)2)30-13-8-12-29-28-11-6-7-14-34(28)37-35(29)30;1-10-3-6-12(7-4-10)13-8-5-11(2)9-14-13;/h3-12,14-21H,1-2H3;3-6,8-9H,1-2H3;/q2*-1;/i2*1D3,2D3;. The Hall–Kier alpha value is -5.67. The molecule has 0 unspecified atom stereocenters. The molecule has 0 amide bonds. The topological polar surface area (TPSA) is 38.9 Å². The number of aryl methyl sites for hydroxylation is 4. The van der Waals surface area contributed by atoms with E-state index in [2.05, 4.69) is 22.1 Å². The summed E-state index contributed by atoms with van der Waals surface area (Å²) in [5.41, 5.74) is 6.46. The van der Waals surface area contributed by atoms with Gasteiger partial charge in [-0.3, -0.25) is 0 Å². The first-order valence-corrected chi connectivity index (χ1v) is 16.2. The molecule has 52 heavy (non-hydrogen) atoms. The smallest absolute Gasteiger partial charge is 0.120 e. The number of rotatable bonds is 4. The minimum absolute atomic E-state index is 0. The van der Waals surface area contributed by atoms with Crippen LogP contribution in [0.15, 0.2) is 150 Å². The van der Waals surface area contributed by atoms with Crippen molar-refractivity contribution in [1.29, 1.82) is 0 Å². The molecule has 0 N–H and O–H groups in total. The number of benzene rings is 6. The van der Waals surface area contributed by atoms with Gasteiger partial charge in [0.25, 0.3) is 0 Å². The normalized spacial score (nSPS) is 15.3. The molecule has 1 radical (unpaired) electrons. The molecule has 0 bridgehead atoms. The van der Waals surface area contributed by atoms with Crippen LogP contribution < -0.4 is 0 Å². The second-order valence-corrected chi connectivity index (χ2v) is 12.1. The van der Waals surface area contributed by atoms with Crippen LogP contribution in [0.25, 0.3) is 77.5 Å². The molecular formula is C48H36IrN2O-2. The Labute approximate surface area is 335 Å². The summed E-state index contributed by atoms with van der Waals surface area (Å²) < 4.78 is 100.0. The summed E-state index contributed by atoms with van der Waals surface area (Å²) in [6.45, 7) is -9.38. The van der Waals surface area contributed by atoms with Crippen LogP contribution in [0.2, 0.25) is 0 Å². The van der Waals surface area contributed by atoms with Gasteiger partial charge >= 0.3 is 0 Å². The van der Waals surface area contributed by atoms with E-state index < -0.39 is 27.4 Å². The third-order valence-corrected chi connectivity index (χ3v) is 8.72. The average Bonchev–Trinajstić information content (AvgIpc) is 3.64. The minimum atomic E-state index is -2.53. The zero-order valence-corrected chi connectivity index (χ0v) is 29.9. The van der Waals surface area contributed by atoms with E-state index >= 15 is 0 Å². The van der Waals surface area contributed by atoms with Crippen molar-refractivity contribution >= 4 is 32.7 Å². The second kappa shape index (κ2) is 14.9. The Balaban J connectivity index is 0.000000246. The van der Waals surface area contributed by atoms with Crippen molar-refractivity contribution in [1.82, 2.24) is 9.97 Å². The quantitative estimate of drug-likeness (QED) is 0.166. The molecule has 3 heterocycles. The van der Waals surface area contributed by atoms with Crippen LogP contribution in [0, 0.1) is 39.5 Å². The van der Waals surface area contributed by atoms with Gasteiger partial charge in [0.2, 0.25) is 0 Å². The summed E-state index contributed by atoms with van der Waals surface area (Å²) in [5.74, 6) is 0. The van der Waals surface area contributed by atoms with Gasteiger partial charge in [-0.25, -0.2) is 0 Å². The summed E-state index contributed by atoms with van der Waals surface area (Å²) >= 11 is 0. The van der Waals surface area contributed by atoms with Crippen molar-refractivity contribution in [3.63, 3.8) is 0 Å².